The summed E-state index contributed by atoms with van der Waals surface area (Å²) in [6.45, 7) is 0. The van der Waals surface area contributed by atoms with Crippen LogP contribution in [0.2, 0.25) is 0 Å². The van der Waals surface area contributed by atoms with Crippen molar-refractivity contribution in [1.29, 1.82) is 0 Å². The summed E-state index contributed by atoms with van der Waals surface area (Å²) in [7, 11) is 0. The summed E-state index contributed by atoms with van der Waals surface area (Å²) >= 11 is 3.25. The van der Waals surface area contributed by atoms with Crippen LogP contribution in [-0.4, -0.2) is 22.8 Å². The largest absolute Gasteiger partial charge is 0.396 e. The zero-order valence-corrected chi connectivity index (χ0v) is 10.5. The molecule has 1 aliphatic rings. The summed E-state index contributed by atoms with van der Waals surface area (Å²) in [5.74, 6) is -0.141. The second-order valence-electron chi connectivity index (χ2n) is 3.74. The number of pyridine rings is 1. The second-order valence-corrected chi connectivity index (χ2v) is 4.66. The fourth-order valence-corrected chi connectivity index (χ4v) is 1.92. The van der Waals surface area contributed by atoms with Gasteiger partial charge in [-0.1, -0.05) is 0 Å². The summed E-state index contributed by atoms with van der Waals surface area (Å²) in [4.78, 5) is 26.6. The minimum absolute atomic E-state index is 0.246. The first-order valence-corrected chi connectivity index (χ1v) is 5.87. The molecule has 4 N–H and O–H groups in total. The molecular weight excluding hydrogens is 288 g/mol. The number of nitrogens with one attached hydrogen (secondary N) is 2. The van der Waals surface area contributed by atoms with E-state index in [0.29, 0.717) is 24.3 Å². The van der Waals surface area contributed by atoms with E-state index < -0.39 is 6.04 Å². The molecule has 1 fully saturated rings. The van der Waals surface area contributed by atoms with Crippen molar-refractivity contribution in [3.05, 3.63) is 16.7 Å². The van der Waals surface area contributed by atoms with E-state index in [4.69, 9.17) is 5.73 Å². The molecular formula is C10H11BrN4O2. The molecule has 0 saturated carbocycles. The lowest BCUT2D eigenvalue weighted by atomic mass is 10.1. The summed E-state index contributed by atoms with van der Waals surface area (Å²) < 4.78 is 0.767. The summed E-state index contributed by atoms with van der Waals surface area (Å²) in [5, 5.41) is 5.19. The molecule has 1 aromatic rings. The van der Waals surface area contributed by atoms with Gasteiger partial charge < -0.3 is 11.1 Å². The van der Waals surface area contributed by atoms with Crippen molar-refractivity contribution in [2.24, 2.45) is 0 Å². The molecule has 6 nitrogen and oxygen atoms in total. The van der Waals surface area contributed by atoms with Crippen LogP contribution in [-0.2, 0) is 9.59 Å². The number of aromatic nitrogens is 1. The second kappa shape index (κ2) is 4.70. The highest BCUT2D eigenvalue weighted by molar-refractivity contribution is 9.10. The number of anilines is 2. The molecule has 0 spiro atoms. The Morgan fingerprint density at radius 2 is 2.29 bits per heavy atom. The molecule has 0 aromatic carbocycles. The molecule has 7 heteroatoms. The van der Waals surface area contributed by atoms with Gasteiger partial charge >= 0.3 is 0 Å². The quantitative estimate of drug-likeness (QED) is 0.696. The SMILES string of the molecule is Nc1cc(Br)cnc1NC1CCC(=O)NC1=O. The summed E-state index contributed by atoms with van der Waals surface area (Å²) in [6, 6.07) is 1.23. The highest BCUT2D eigenvalue weighted by Crippen LogP contribution is 2.21. The molecule has 2 amide bonds. The summed E-state index contributed by atoms with van der Waals surface area (Å²) in [6.07, 6.45) is 2.35. The zero-order valence-electron chi connectivity index (χ0n) is 8.87. The van der Waals surface area contributed by atoms with Gasteiger partial charge in [0.1, 0.15) is 11.9 Å². The van der Waals surface area contributed by atoms with Crippen molar-refractivity contribution in [1.82, 2.24) is 10.3 Å². The fraction of sp³-hybridized carbons (Fsp3) is 0.300. The number of amides is 2. The molecule has 90 valence electrons. The molecule has 1 aromatic heterocycles. The van der Waals surface area contributed by atoms with Crippen LogP contribution in [0.5, 0.6) is 0 Å². The lowest BCUT2D eigenvalue weighted by Gasteiger charge is -2.22. The van der Waals surface area contributed by atoms with E-state index in [2.05, 4.69) is 31.5 Å². The Kier molecular flexibility index (Phi) is 3.28. The molecule has 17 heavy (non-hydrogen) atoms. The van der Waals surface area contributed by atoms with Crippen LogP contribution in [0.15, 0.2) is 16.7 Å². The number of nitrogens with zero attached hydrogens (tertiary/aromatic N) is 1. The van der Waals surface area contributed by atoms with Crippen LogP contribution in [0.3, 0.4) is 0 Å². The zero-order chi connectivity index (χ0) is 12.4. The molecule has 2 heterocycles. The third-order valence-corrected chi connectivity index (χ3v) is 2.87. The van der Waals surface area contributed by atoms with Crippen molar-refractivity contribution in [2.45, 2.75) is 18.9 Å². The monoisotopic (exact) mass is 298 g/mol. The van der Waals surface area contributed by atoms with Crippen LogP contribution in [0, 0.1) is 0 Å². The van der Waals surface area contributed by atoms with Gasteiger partial charge in [-0.2, -0.15) is 0 Å². The Bertz CT molecular complexity index is 477. The van der Waals surface area contributed by atoms with Crippen molar-refractivity contribution < 1.29 is 9.59 Å². The number of carbonyl (C=O) groups excluding carboxylic acids is 2. The first-order valence-electron chi connectivity index (χ1n) is 5.07. The standard InChI is InChI=1S/C10H11BrN4O2/c11-5-3-6(12)9(13-4-5)14-7-1-2-8(16)15-10(7)17/h3-4,7H,1-2,12H2,(H,13,14)(H,15,16,17). The summed E-state index contributed by atoms with van der Waals surface area (Å²) in [5.41, 5.74) is 6.21. The van der Waals surface area contributed by atoms with Crippen LogP contribution >= 0.6 is 15.9 Å². The number of hydrogen-bond acceptors (Lipinski definition) is 5. The predicted molar refractivity (Wildman–Crippen MR) is 66.1 cm³/mol. The first kappa shape index (κ1) is 11.8. The molecule has 0 aliphatic carbocycles. The molecule has 0 radical (unpaired) electrons. The maximum atomic E-state index is 11.5. The van der Waals surface area contributed by atoms with Crippen LogP contribution in [0.4, 0.5) is 11.5 Å². The Morgan fingerprint density at radius 1 is 1.53 bits per heavy atom. The van der Waals surface area contributed by atoms with Gasteiger partial charge in [-0.25, -0.2) is 4.98 Å². The number of rotatable bonds is 2. The van der Waals surface area contributed by atoms with Crippen molar-refractivity contribution in [3.63, 3.8) is 0 Å². The topological polar surface area (TPSA) is 97.1 Å². The van der Waals surface area contributed by atoms with Gasteiger partial charge in [0.25, 0.3) is 0 Å². The maximum Gasteiger partial charge on any atom is 0.249 e. The van der Waals surface area contributed by atoms with Crippen LogP contribution in [0.25, 0.3) is 0 Å². The van der Waals surface area contributed by atoms with E-state index >= 15 is 0 Å². The molecule has 0 bridgehead atoms. The smallest absolute Gasteiger partial charge is 0.249 e. The van der Waals surface area contributed by atoms with Crippen LogP contribution < -0.4 is 16.4 Å². The van der Waals surface area contributed by atoms with Crippen molar-refractivity contribution >= 4 is 39.2 Å². The van der Waals surface area contributed by atoms with Crippen molar-refractivity contribution in [2.75, 3.05) is 11.1 Å². The minimum Gasteiger partial charge on any atom is -0.396 e. The van der Waals surface area contributed by atoms with Gasteiger partial charge in [0.2, 0.25) is 11.8 Å². The van der Waals surface area contributed by atoms with E-state index in [9.17, 15) is 9.59 Å². The average molecular weight is 299 g/mol. The van der Waals surface area contributed by atoms with Crippen molar-refractivity contribution in [3.8, 4) is 0 Å². The minimum atomic E-state index is -0.469. The number of nitrogen functional groups attached to an aromatic ring is 1. The van der Waals surface area contributed by atoms with Crippen LogP contribution in [0.1, 0.15) is 12.8 Å². The van der Waals surface area contributed by atoms with Gasteiger partial charge in [-0.3, -0.25) is 14.9 Å². The molecule has 2 rings (SSSR count). The highest BCUT2D eigenvalue weighted by atomic mass is 79.9. The van der Waals surface area contributed by atoms with E-state index in [-0.39, 0.29) is 11.8 Å². The molecule has 1 saturated heterocycles. The Labute approximate surface area is 106 Å². The third kappa shape index (κ3) is 2.73. The Morgan fingerprint density at radius 3 is 2.94 bits per heavy atom. The van der Waals surface area contributed by atoms with Gasteiger partial charge in [0.05, 0.1) is 5.69 Å². The Balaban J connectivity index is 2.10. The normalized spacial score (nSPS) is 19.9. The third-order valence-electron chi connectivity index (χ3n) is 2.43. The Hall–Kier alpha value is -1.63. The molecule has 1 aliphatic heterocycles. The number of nitrogens with two attached hydrogens (primary N) is 1. The predicted octanol–water partition coefficient (Wildman–Crippen LogP) is 0.643. The average Bonchev–Trinajstić information content (AvgIpc) is 2.25. The number of carbonyl (C=O) groups is 2. The van der Waals surface area contributed by atoms with Gasteiger partial charge in [0.15, 0.2) is 0 Å². The molecule has 1 unspecified atom stereocenters. The number of piperidine rings is 1. The van der Waals surface area contributed by atoms with E-state index in [0.717, 1.165) is 4.47 Å². The number of imide groups is 1. The van der Waals surface area contributed by atoms with Gasteiger partial charge in [-0.15, -0.1) is 0 Å². The lowest BCUT2D eigenvalue weighted by Crippen LogP contribution is -2.47. The lowest BCUT2D eigenvalue weighted by molar-refractivity contribution is -0.133. The van der Waals surface area contributed by atoms with E-state index in [1.807, 2.05) is 0 Å². The van der Waals surface area contributed by atoms with E-state index in [1.165, 1.54) is 0 Å². The fourth-order valence-electron chi connectivity index (χ4n) is 1.57. The number of halogens is 1. The first-order chi connectivity index (χ1) is 8.06. The maximum absolute atomic E-state index is 11.5. The van der Waals surface area contributed by atoms with Gasteiger partial charge in [-0.05, 0) is 28.4 Å². The van der Waals surface area contributed by atoms with Gasteiger partial charge in [0, 0.05) is 17.1 Å². The highest BCUT2D eigenvalue weighted by Gasteiger charge is 2.26. The van der Waals surface area contributed by atoms with E-state index in [1.54, 1.807) is 12.3 Å². The molecule has 1 atom stereocenters. The number of hydrogen-bond donors (Lipinski definition) is 3.